The van der Waals surface area contributed by atoms with E-state index in [1.807, 2.05) is 18.7 Å². The molecule has 12 heavy (non-hydrogen) atoms. The van der Waals surface area contributed by atoms with Crippen LogP contribution < -0.4 is 0 Å². The Bertz CT molecular complexity index is 222. The number of aromatic nitrogens is 2. The molecule has 0 atom stereocenters. The third-order valence-electron chi connectivity index (χ3n) is 2.71. The molecule has 0 radical (unpaired) electrons. The van der Waals surface area contributed by atoms with Gasteiger partial charge in [-0.1, -0.05) is 27.7 Å². The summed E-state index contributed by atoms with van der Waals surface area (Å²) in [5, 5.41) is 0. The Labute approximate surface area is 74.6 Å². The Morgan fingerprint density at radius 1 is 1.42 bits per heavy atom. The summed E-state index contributed by atoms with van der Waals surface area (Å²) in [6.07, 6.45) is 5.73. The molecule has 0 spiro atoms. The van der Waals surface area contributed by atoms with E-state index in [9.17, 15) is 0 Å². The van der Waals surface area contributed by atoms with Gasteiger partial charge in [0.2, 0.25) is 0 Å². The Kier molecular flexibility index (Phi) is 2.55. The largest absolute Gasteiger partial charge is 0.337 e. The molecule has 0 saturated heterocycles. The number of imidazole rings is 1. The van der Waals surface area contributed by atoms with Gasteiger partial charge in [-0.25, -0.2) is 4.98 Å². The quantitative estimate of drug-likeness (QED) is 0.674. The highest BCUT2D eigenvalue weighted by molar-refractivity contribution is 4.80. The van der Waals surface area contributed by atoms with Crippen molar-refractivity contribution < 1.29 is 0 Å². The zero-order valence-electron chi connectivity index (χ0n) is 8.41. The molecule has 0 bridgehead atoms. The van der Waals surface area contributed by atoms with Crippen LogP contribution in [0.1, 0.15) is 27.7 Å². The van der Waals surface area contributed by atoms with Gasteiger partial charge in [-0.2, -0.15) is 0 Å². The standard InChI is InChI=1S/C10H18N2/c1-9(2)10(3,4)7-12-6-5-11-8-12/h5-6,8-9H,7H2,1-4H3. The van der Waals surface area contributed by atoms with Gasteiger partial charge in [-0.15, -0.1) is 0 Å². The lowest BCUT2D eigenvalue weighted by atomic mass is 9.81. The molecule has 1 heterocycles. The first-order valence-corrected chi connectivity index (χ1v) is 4.48. The summed E-state index contributed by atoms with van der Waals surface area (Å²) in [7, 11) is 0. The van der Waals surface area contributed by atoms with Gasteiger partial charge in [-0.3, -0.25) is 0 Å². The topological polar surface area (TPSA) is 17.8 Å². The van der Waals surface area contributed by atoms with Crippen LogP contribution >= 0.6 is 0 Å². The average Bonchev–Trinajstić information content (AvgIpc) is 2.38. The second-order valence-corrected chi connectivity index (χ2v) is 4.38. The van der Waals surface area contributed by atoms with Crippen molar-refractivity contribution in [2.75, 3.05) is 0 Å². The van der Waals surface area contributed by atoms with Crippen molar-refractivity contribution in [1.29, 1.82) is 0 Å². The minimum absolute atomic E-state index is 0.348. The summed E-state index contributed by atoms with van der Waals surface area (Å²) in [4.78, 5) is 4.03. The van der Waals surface area contributed by atoms with Crippen molar-refractivity contribution >= 4 is 0 Å². The van der Waals surface area contributed by atoms with E-state index in [-0.39, 0.29) is 0 Å². The number of rotatable bonds is 3. The Morgan fingerprint density at radius 2 is 2.08 bits per heavy atom. The lowest BCUT2D eigenvalue weighted by Gasteiger charge is -2.29. The molecule has 1 aromatic heterocycles. The van der Waals surface area contributed by atoms with Crippen LogP contribution in [0.5, 0.6) is 0 Å². The first kappa shape index (κ1) is 9.30. The van der Waals surface area contributed by atoms with Gasteiger partial charge < -0.3 is 4.57 Å². The molecule has 0 saturated carbocycles. The molecule has 0 aliphatic rings. The molecule has 0 N–H and O–H groups in total. The minimum atomic E-state index is 0.348. The van der Waals surface area contributed by atoms with E-state index >= 15 is 0 Å². The Hall–Kier alpha value is -0.790. The number of hydrogen-bond donors (Lipinski definition) is 0. The second-order valence-electron chi connectivity index (χ2n) is 4.38. The molecule has 68 valence electrons. The highest BCUT2D eigenvalue weighted by Gasteiger charge is 2.22. The monoisotopic (exact) mass is 166 g/mol. The average molecular weight is 166 g/mol. The fourth-order valence-electron chi connectivity index (χ4n) is 1.03. The molecule has 2 heteroatoms. The van der Waals surface area contributed by atoms with E-state index in [1.54, 1.807) is 0 Å². The smallest absolute Gasteiger partial charge is 0.0946 e. The van der Waals surface area contributed by atoms with Crippen LogP contribution in [0.3, 0.4) is 0 Å². The van der Waals surface area contributed by atoms with Gasteiger partial charge in [0, 0.05) is 18.9 Å². The van der Waals surface area contributed by atoms with Gasteiger partial charge in [-0.05, 0) is 11.3 Å². The molecule has 0 amide bonds. The molecule has 0 unspecified atom stereocenters. The lowest BCUT2D eigenvalue weighted by molar-refractivity contribution is 0.210. The maximum Gasteiger partial charge on any atom is 0.0946 e. The molecule has 1 rings (SSSR count). The van der Waals surface area contributed by atoms with Crippen LogP contribution in [0, 0.1) is 11.3 Å². The van der Waals surface area contributed by atoms with Crippen LogP contribution in [0.4, 0.5) is 0 Å². The third kappa shape index (κ3) is 2.10. The highest BCUT2D eigenvalue weighted by atomic mass is 15.0. The van der Waals surface area contributed by atoms with Gasteiger partial charge in [0.05, 0.1) is 6.33 Å². The van der Waals surface area contributed by atoms with Crippen LogP contribution in [0.2, 0.25) is 0 Å². The second kappa shape index (κ2) is 3.30. The predicted octanol–water partition coefficient (Wildman–Crippen LogP) is 2.57. The van der Waals surface area contributed by atoms with Crippen molar-refractivity contribution in [3.8, 4) is 0 Å². The fourth-order valence-corrected chi connectivity index (χ4v) is 1.03. The normalized spacial score (nSPS) is 12.4. The zero-order chi connectivity index (χ0) is 9.19. The van der Waals surface area contributed by atoms with Gasteiger partial charge in [0.1, 0.15) is 0 Å². The van der Waals surface area contributed by atoms with E-state index in [0.29, 0.717) is 11.3 Å². The van der Waals surface area contributed by atoms with E-state index in [2.05, 4.69) is 37.2 Å². The van der Waals surface area contributed by atoms with Crippen LogP contribution in [-0.4, -0.2) is 9.55 Å². The number of nitrogens with zero attached hydrogens (tertiary/aromatic N) is 2. The number of hydrogen-bond acceptors (Lipinski definition) is 1. The summed E-state index contributed by atoms with van der Waals surface area (Å²) in [6, 6.07) is 0. The summed E-state index contributed by atoms with van der Waals surface area (Å²) in [6.45, 7) is 10.1. The van der Waals surface area contributed by atoms with Gasteiger partial charge in [0.25, 0.3) is 0 Å². The summed E-state index contributed by atoms with van der Waals surface area (Å²) < 4.78 is 2.14. The maximum atomic E-state index is 4.03. The van der Waals surface area contributed by atoms with E-state index in [1.165, 1.54) is 0 Å². The first-order chi connectivity index (χ1) is 5.52. The minimum Gasteiger partial charge on any atom is -0.337 e. The summed E-state index contributed by atoms with van der Waals surface area (Å²) >= 11 is 0. The van der Waals surface area contributed by atoms with Crippen LogP contribution in [0.15, 0.2) is 18.7 Å². The van der Waals surface area contributed by atoms with E-state index in [4.69, 9.17) is 0 Å². The van der Waals surface area contributed by atoms with Crippen molar-refractivity contribution in [1.82, 2.24) is 9.55 Å². The van der Waals surface area contributed by atoms with Crippen LogP contribution in [-0.2, 0) is 6.54 Å². The fraction of sp³-hybridized carbons (Fsp3) is 0.700. The molecular formula is C10H18N2. The molecule has 2 nitrogen and oxygen atoms in total. The molecular weight excluding hydrogens is 148 g/mol. The van der Waals surface area contributed by atoms with Crippen molar-refractivity contribution in [2.45, 2.75) is 34.2 Å². The molecule has 0 aromatic carbocycles. The van der Waals surface area contributed by atoms with Crippen molar-refractivity contribution in [2.24, 2.45) is 11.3 Å². The third-order valence-corrected chi connectivity index (χ3v) is 2.71. The molecule has 0 aliphatic carbocycles. The maximum absolute atomic E-state index is 4.03. The first-order valence-electron chi connectivity index (χ1n) is 4.48. The van der Waals surface area contributed by atoms with E-state index < -0.39 is 0 Å². The van der Waals surface area contributed by atoms with Gasteiger partial charge >= 0.3 is 0 Å². The van der Waals surface area contributed by atoms with Crippen LogP contribution in [0.25, 0.3) is 0 Å². The Morgan fingerprint density at radius 3 is 2.50 bits per heavy atom. The van der Waals surface area contributed by atoms with Crippen molar-refractivity contribution in [3.63, 3.8) is 0 Å². The van der Waals surface area contributed by atoms with Crippen molar-refractivity contribution in [3.05, 3.63) is 18.7 Å². The van der Waals surface area contributed by atoms with Gasteiger partial charge in [0.15, 0.2) is 0 Å². The lowest BCUT2D eigenvalue weighted by Crippen LogP contribution is -2.24. The molecule has 1 aromatic rings. The predicted molar refractivity (Wildman–Crippen MR) is 50.8 cm³/mol. The zero-order valence-corrected chi connectivity index (χ0v) is 8.41. The molecule has 0 fully saturated rings. The van der Waals surface area contributed by atoms with E-state index in [0.717, 1.165) is 6.54 Å². The summed E-state index contributed by atoms with van der Waals surface area (Å²) in [5.41, 5.74) is 0.348. The SMILES string of the molecule is CC(C)C(C)(C)Cn1ccnc1. The summed E-state index contributed by atoms with van der Waals surface area (Å²) in [5.74, 6) is 0.694. The molecule has 0 aliphatic heterocycles. The Balaban J connectivity index is 2.62. The highest BCUT2D eigenvalue weighted by Crippen LogP contribution is 2.27.